The molecule has 20 heavy (non-hydrogen) atoms. The number of amides is 1. The summed E-state index contributed by atoms with van der Waals surface area (Å²) >= 11 is 0. The predicted molar refractivity (Wildman–Crippen MR) is 68.8 cm³/mol. The summed E-state index contributed by atoms with van der Waals surface area (Å²) in [6, 6.07) is 2.95. The van der Waals surface area contributed by atoms with Gasteiger partial charge in [-0.05, 0) is 30.9 Å². The minimum absolute atomic E-state index is 0.0589. The first-order chi connectivity index (χ1) is 9.52. The lowest BCUT2D eigenvalue weighted by Gasteiger charge is -2.16. The lowest BCUT2D eigenvalue weighted by molar-refractivity contribution is -0.385. The molecule has 1 heterocycles. The Kier molecular flexibility index (Phi) is 4.29. The highest BCUT2D eigenvalue weighted by molar-refractivity contribution is 5.98. The summed E-state index contributed by atoms with van der Waals surface area (Å²) in [6.45, 7) is 1.02. The SMILES string of the molecule is O=C(c1ccc(F)cc1[N+](=O)[O-])N1CCC(CCO)C1. The molecule has 1 aromatic rings. The van der Waals surface area contributed by atoms with Crippen LogP contribution >= 0.6 is 0 Å². The number of rotatable bonds is 4. The summed E-state index contributed by atoms with van der Waals surface area (Å²) in [5.41, 5.74) is -0.610. The quantitative estimate of drug-likeness (QED) is 0.671. The van der Waals surface area contributed by atoms with Crippen molar-refractivity contribution < 1.29 is 19.2 Å². The number of hydrogen-bond acceptors (Lipinski definition) is 4. The highest BCUT2D eigenvalue weighted by atomic mass is 19.1. The van der Waals surface area contributed by atoms with Crippen LogP contribution in [0, 0.1) is 21.8 Å². The molecule has 1 amide bonds. The molecule has 1 N–H and O–H groups in total. The highest BCUT2D eigenvalue weighted by Gasteiger charge is 2.30. The largest absolute Gasteiger partial charge is 0.396 e. The monoisotopic (exact) mass is 282 g/mol. The second-order valence-corrected chi connectivity index (χ2v) is 4.84. The molecular weight excluding hydrogens is 267 g/mol. The van der Waals surface area contributed by atoms with E-state index in [0.717, 1.165) is 24.6 Å². The third kappa shape index (κ3) is 2.93. The number of likely N-dealkylation sites (tertiary alicyclic amines) is 1. The number of nitrogens with zero attached hydrogens (tertiary/aromatic N) is 2. The van der Waals surface area contributed by atoms with Crippen molar-refractivity contribution in [1.29, 1.82) is 0 Å². The molecule has 0 bridgehead atoms. The molecule has 0 radical (unpaired) electrons. The minimum Gasteiger partial charge on any atom is -0.396 e. The van der Waals surface area contributed by atoms with Gasteiger partial charge >= 0.3 is 0 Å². The zero-order valence-corrected chi connectivity index (χ0v) is 10.8. The number of nitro groups is 1. The normalized spacial score (nSPS) is 18.3. The zero-order valence-electron chi connectivity index (χ0n) is 10.8. The van der Waals surface area contributed by atoms with Crippen LogP contribution in [0.15, 0.2) is 18.2 Å². The second-order valence-electron chi connectivity index (χ2n) is 4.84. The Labute approximate surface area is 115 Å². The van der Waals surface area contributed by atoms with E-state index >= 15 is 0 Å². The van der Waals surface area contributed by atoms with Gasteiger partial charge < -0.3 is 10.0 Å². The molecule has 2 rings (SSSR count). The number of nitro benzene ring substituents is 1. The van der Waals surface area contributed by atoms with E-state index in [-0.39, 0.29) is 18.1 Å². The molecule has 1 aromatic carbocycles. The summed E-state index contributed by atoms with van der Waals surface area (Å²) in [5, 5.41) is 19.8. The summed E-state index contributed by atoms with van der Waals surface area (Å²) < 4.78 is 13.1. The molecule has 0 aliphatic carbocycles. The number of aliphatic hydroxyl groups excluding tert-OH is 1. The van der Waals surface area contributed by atoms with Crippen molar-refractivity contribution in [3.05, 3.63) is 39.7 Å². The topological polar surface area (TPSA) is 83.7 Å². The molecule has 1 atom stereocenters. The molecule has 1 aliphatic rings. The Balaban J connectivity index is 2.20. The minimum atomic E-state index is -0.752. The fourth-order valence-electron chi connectivity index (χ4n) is 2.44. The van der Waals surface area contributed by atoms with Crippen LogP contribution < -0.4 is 0 Å². The summed E-state index contributed by atoms with van der Waals surface area (Å²) in [5.74, 6) is -0.992. The number of carbonyl (C=O) groups is 1. The number of carbonyl (C=O) groups excluding carboxylic acids is 1. The zero-order chi connectivity index (χ0) is 14.7. The van der Waals surface area contributed by atoms with Crippen LogP contribution in [0.5, 0.6) is 0 Å². The van der Waals surface area contributed by atoms with Crippen LogP contribution in [-0.2, 0) is 0 Å². The van der Waals surface area contributed by atoms with E-state index in [1.54, 1.807) is 0 Å². The molecule has 6 nitrogen and oxygen atoms in total. The summed E-state index contributed by atoms with van der Waals surface area (Å²) in [7, 11) is 0. The fraction of sp³-hybridized carbons (Fsp3) is 0.462. The number of benzene rings is 1. The van der Waals surface area contributed by atoms with Gasteiger partial charge in [0.15, 0.2) is 0 Å². The molecule has 7 heteroatoms. The van der Waals surface area contributed by atoms with Gasteiger partial charge in [0, 0.05) is 19.7 Å². The van der Waals surface area contributed by atoms with Gasteiger partial charge in [-0.15, -0.1) is 0 Å². The number of hydrogen-bond donors (Lipinski definition) is 1. The van der Waals surface area contributed by atoms with E-state index in [4.69, 9.17) is 5.11 Å². The van der Waals surface area contributed by atoms with Crippen molar-refractivity contribution in [3.63, 3.8) is 0 Å². The first-order valence-electron chi connectivity index (χ1n) is 6.37. The lowest BCUT2D eigenvalue weighted by Crippen LogP contribution is -2.29. The third-order valence-corrected chi connectivity index (χ3v) is 3.50. The van der Waals surface area contributed by atoms with E-state index in [9.17, 15) is 19.3 Å². The van der Waals surface area contributed by atoms with Crippen LogP contribution in [-0.4, -0.2) is 40.5 Å². The van der Waals surface area contributed by atoms with Crippen LogP contribution in [0.2, 0.25) is 0 Å². The van der Waals surface area contributed by atoms with Gasteiger partial charge in [0.2, 0.25) is 0 Å². The van der Waals surface area contributed by atoms with E-state index in [2.05, 4.69) is 0 Å². The standard InChI is InChI=1S/C13H15FN2O4/c14-10-1-2-11(12(7-10)16(19)20)13(18)15-5-3-9(8-15)4-6-17/h1-2,7,9,17H,3-6,8H2. The van der Waals surface area contributed by atoms with Gasteiger partial charge in [-0.1, -0.05) is 0 Å². The van der Waals surface area contributed by atoms with Crippen molar-refractivity contribution in [2.45, 2.75) is 12.8 Å². The lowest BCUT2D eigenvalue weighted by atomic mass is 10.1. The average Bonchev–Trinajstić information content (AvgIpc) is 2.87. The van der Waals surface area contributed by atoms with Crippen molar-refractivity contribution in [1.82, 2.24) is 4.90 Å². The molecule has 0 saturated carbocycles. The Morgan fingerprint density at radius 1 is 1.55 bits per heavy atom. The smallest absolute Gasteiger partial charge is 0.285 e. The first kappa shape index (κ1) is 14.4. The summed E-state index contributed by atoms with van der Waals surface area (Å²) in [4.78, 5) is 23.9. The van der Waals surface area contributed by atoms with Crippen molar-refractivity contribution in [3.8, 4) is 0 Å². The van der Waals surface area contributed by atoms with Crippen LogP contribution in [0.1, 0.15) is 23.2 Å². The van der Waals surface area contributed by atoms with E-state index < -0.39 is 22.3 Å². The second kappa shape index (κ2) is 5.96. The number of halogens is 1. The van der Waals surface area contributed by atoms with Gasteiger partial charge in [0.1, 0.15) is 11.4 Å². The van der Waals surface area contributed by atoms with Crippen molar-refractivity contribution in [2.75, 3.05) is 19.7 Å². The molecule has 1 aliphatic heterocycles. The van der Waals surface area contributed by atoms with Crippen LogP contribution in [0.3, 0.4) is 0 Å². The fourth-order valence-corrected chi connectivity index (χ4v) is 2.44. The molecule has 1 unspecified atom stereocenters. The Morgan fingerprint density at radius 3 is 2.95 bits per heavy atom. The Hall–Kier alpha value is -2.02. The molecule has 0 aromatic heterocycles. The van der Waals surface area contributed by atoms with Crippen molar-refractivity contribution in [2.24, 2.45) is 5.92 Å². The van der Waals surface area contributed by atoms with Crippen LogP contribution in [0.25, 0.3) is 0 Å². The van der Waals surface area contributed by atoms with E-state index in [1.165, 1.54) is 4.90 Å². The van der Waals surface area contributed by atoms with Gasteiger partial charge in [0.25, 0.3) is 11.6 Å². The van der Waals surface area contributed by atoms with Gasteiger partial charge in [0.05, 0.1) is 11.0 Å². The maximum Gasteiger partial charge on any atom is 0.285 e. The van der Waals surface area contributed by atoms with Crippen molar-refractivity contribution >= 4 is 11.6 Å². The molecule has 1 fully saturated rings. The Morgan fingerprint density at radius 2 is 2.30 bits per heavy atom. The van der Waals surface area contributed by atoms with Crippen LogP contribution in [0.4, 0.5) is 10.1 Å². The third-order valence-electron chi connectivity index (χ3n) is 3.50. The number of aliphatic hydroxyl groups is 1. The van der Waals surface area contributed by atoms with Gasteiger partial charge in [-0.2, -0.15) is 0 Å². The maximum absolute atomic E-state index is 13.1. The Bertz CT molecular complexity index is 535. The predicted octanol–water partition coefficient (Wildman–Crippen LogP) is 1.58. The van der Waals surface area contributed by atoms with Gasteiger partial charge in [-0.3, -0.25) is 14.9 Å². The first-order valence-corrected chi connectivity index (χ1v) is 6.37. The molecule has 1 saturated heterocycles. The summed E-state index contributed by atoms with van der Waals surface area (Å²) in [6.07, 6.45) is 1.37. The maximum atomic E-state index is 13.1. The molecular formula is C13H15FN2O4. The molecule has 0 spiro atoms. The van der Waals surface area contributed by atoms with Gasteiger partial charge in [-0.25, -0.2) is 4.39 Å². The molecule has 108 valence electrons. The van der Waals surface area contributed by atoms with E-state index in [1.807, 2.05) is 0 Å². The average molecular weight is 282 g/mol. The highest BCUT2D eigenvalue weighted by Crippen LogP contribution is 2.25. The van der Waals surface area contributed by atoms with E-state index in [0.29, 0.717) is 19.5 Å².